The average Bonchev–Trinajstić information content (AvgIpc) is 2.57. The molecule has 1 saturated heterocycles. The summed E-state index contributed by atoms with van der Waals surface area (Å²) < 4.78 is 0.697. The van der Waals surface area contributed by atoms with E-state index in [-0.39, 0.29) is 5.91 Å². The number of carbonyl (C=O) groups is 1. The summed E-state index contributed by atoms with van der Waals surface area (Å²) >= 11 is 0. The normalized spacial score (nSPS) is 15.7. The van der Waals surface area contributed by atoms with Gasteiger partial charge in [-0.05, 0) is 30.7 Å². The Bertz CT molecular complexity index is 617. The van der Waals surface area contributed by atoms with Gasteiger partial charge in [0, 0.05) is 25.2 Å². The third-order valence-corrected chi connectivity index (χ3v) is 4.32. The predicted molar refractivity (Wildman–Crippen MR) is 84.2 cm³/mol. The highest BCUT2D eigenvalue weighted by atomic mass is 16.5. The van der Waals surface area contributed by atoms with E-state index < -0.39 is 0 Å². The molecule has 0 radical (unpaired) electrons. The zero-order valence-corrected chi connectivity index (χ0v) is 12.5. The van der Waals surface area contributed by atoms with Crippen LogP contribution in [-0.2, 0) is 6.42 Å². The van der Waals surface area contributed by atoms with Crippen molar-refractivity contribution < 1.29 is 9.52 Å². The number of benzene rings is 1. The van der Waals surface area contributed by atoms with Crippen LogP contribution in [0.1, 0.15) is 28.8 Å². The van der Waals surface area contributed by atoms with Crippen LogP contribution in [0.25, 0.3) is 0 Å². The standard InChI is InChI=1S/C18H20N2O2/c21-18(17-8-12-20(22)13-9-17)19-10-6-16(7-11-19)14-15-4-2-1-3-5-15/h1-5,8-9,12-13,16H,6-7,10-11,14H2. The lowest BCUT2D eigenvalue weighted by Gasteiger charge is -2.32. The van der Waals surface area contributed by atoms with Crippen LogP contribution in [-0.4, -0.2) is 23.9 Å². The van der Waals surface area contributed by atoms with Gasteiger partial charge >= 0.3 is 0 Å². The van der Waals surface area contributed by atoms with E-state index in [4.69, 9.17) is 0 Å². The summed E-state index contributed by atoms with van der Waals surface area (Å²) in [4.78, 5) is 14.3. The molecule has 3 rings (SSSR count). The predicted octanol–water partition coefficient (Wildman–Crippen LogP) is 2.41. The Hall–Kier alpha value is -2.36. The number of rotatable bonds is 3. The van der Waals surface area contributed by atoms with Crippen LogP contribution in [0.15, 0.2) is 54.9 Å². The summed E-state index contributed by atoms with van der Waals surface area (Å²) in [6.45, 7) is 1.59. The number of piperidine rings is 1. The van der Waals surface area contributed by atoms with Gasteiger partial charge in [-0.2, -0.15) is 4.73 Å². The molecule has 1 amide bonds. The third kappa shape index (κ3) is 3.45. The van der Waals surface area contributed by atoms with E-state index in [2.05, 4.69) is 24.3 Å². The lowest BCUT2D eigenvalue weighted by atomic mass is 9.90. The molecule has 4 nitrogen and oxygen atoms in total. The van der Waals surface area contributed by atoms with Crippen molar-refractivity contribution in [1.29, 1.82) is 0 Å². The molecular weight excluding hydrogens is 276 g/mol. The summed E-state index contributed by atoms with van der Waals surface area (Å²) in [6.07, 6.45) is 5.90. The number of nitrogens with zero attached hydrogens (tertiary/aromatic N) is 2. The monoisotopic (exact) mass is 296 g/mol. The van der Waals surface area contributed by atoms with Gasteiger partial charge in [0.1, 0.15) is 0 Å². The van der Waals surface area contributed by atoms with E-state index >= 15 is 0 Å². The van der Waals surface area contributed by atoms with Gasteiger partial charge in [-0.3, -0.25) is 4.79 Å². The highest BCUT2D eigenvalue weighted by Gasteiger charge is 2.24. The third-order valence-electron chi connectivity index (χ3n) is 4.32. The van der Waals surface area contributed by atoms with Crippen LogP contribution >= 0.6 is 0 Å². The molecule has 0 saturated carbocycles. The van der Waals surface area contributed by atoms with Gasteiger partial charge in [-0.25, -0.2) is 0 Å². The maximum Gasteiger partial charge on any atom is 0.254 e. The molecule has 0 aliphatic carbocycles. The number of aromatic nitrogens is 1. The van der Waals surface area contributed by atoms with Crippen molar-refractivity contribution in [3.63, 3.8) is 0 Å². The van der Waals surface area contributed by atoms with Crippen LogP contribution in [0, 0.1) is 11.1 Å². The Morgan fingerprint density at radius 1 is 1.09 bits per heavy atom. The molecule has 0 unspecified atom stereocenters. The smallest absolute Gasteiger partial charge is 0.254 e. The Balaban J connectivity index is 1.55. The molecule has 0 N–H and O–H groups in total. The minimum absolute atomic E-state index is 0.0266. The summed E-state index contributed by atoms with van der Waals surface area (Å²) in [7, 11) is 0. The van der Waals surface area contributed by atoms with Gasteiger partial charge < -0.3 is 10.1 Å². The van der Waals surface area contributed by atoms with E-state index in [0.717, 1.165) is 32.4 Å². The largest absolute Gasteiger partial charge is 0.619 e. The quantitative estimate of drug-likeness (QED) is 0.645. The fraction of sp³-hybridized carbons (Fsp3) is 0.333. The average molecular weight is 296 g/mol. The molecule has 1 aromatic heterocycles. The van der Waals surface area contributed by atoms with Gasteiger partial charge in [0.05, 0.1) is 5.56 Å². The van der Waals surface area contributed by atoms with Crippen LogP contribution < -0.4 is 4.73 Å². The van der Waals surface area contributed by atoms with Crippen molar-refractivity contribution in [3.8, 4) is 0 Å². The Morgan fingerprint density at radius 2 is 1.73 bits per heavy atom. The van der Waals surface area contributed by atoms with E-state index in [1.807, 2.05) is 11.0 Å². The molecule has 0 spiro atoms. The molecule has 1 aliphatic rings. The molecule has 2 aromatic rings. The van der Waals surface area contributed by atoms with Gasteiger partial charge in [-0.1, -0.05) is 30.3 Å². The van der Waals surface area contributed by atoms with Crippen molar-refractivity contribution in [2.24, 2.45) is 5.92 Å². The van der Waals surface area contributed by atoms with Crippen molar-refractivity contribution in [3.05, 3.63) is 71.2 Å². The highest BCUT2D eigenvalue weighted by Crippen LogP contribution is 2.22. The van der Waals surface area contributed by atoms with Crippen molar-refractivity contribution in [2.75, 3.05) is 13.1 Å². The van der Waals surface area contributed by atoms with Crippen molar-refractivity contribution in [1.82, 2.24) is 4.90 Å². The second-order valence-corrected chi connectivity index (χ2v) is 5.87. The highest BCUT2D eigenvalue weighted by molar-refractivity contribution is 5.94. The number of carbonyl (C=O) groups excluding carboxylic acids is 1. The van der Waals surface area contributed by atoms with Crippen molar-refractivity contribution in [2.45, 2.75) is 19.3 Å². The van der Waals surface area contributed by atoms with Crippen LogP contribution in [0.4, 0.5) is 0 Å². The van der Waals surface area contributed by atoms with E-state index in [1.54, 1.807) is 12.1 Å². The van der Waals surface area contributed by atoms with Gasteiger partial charge in [0.2, 0.25) is 0 Å². The van der Waals surface area contributed by atoms with E-state index in [9.17, 15) is 10.0 Å². The SMILES string of the molecule is O=C(c1cc[n+]([O-])cc1)N1CCC(Cc2ccccc2)CC1. The first-order valence-electron chi connectivity index (χ1n) is 7.74. The number of amides is 1. The number of pyridine rings is 1. The van der Waals surface area contributed by atoms with Gasteiger partial charge in [0.25, 0.3) is 5.91 Å². The van der Waals surface area contributed by atoms with Gasteiger partial charge in [0.15, 0.2) is 12.4 Å². The molecule has 1 aromatic carbocycles. The summed E-state index contributed by atoms with van der Waals surface area (Å²) in [5, 5.41) is 11.0. The van der Waals surface area contributed by atoms with Crippen LogP contribution in [0.5, 0.6) is 0 Å². The number of likely N-dealkylation sites (tertiary alicyclic amines) is 1. The summed E-state index contributed by atoms with van der Waals surface area (Å²) in [6, 6.07) is 13.7. The van der Waals surface area contributed by atoms with Crippen molar-refractivity contribution >= 4 is 5.91 Å². The van der Waals surface area contributed by atoms with Crippen LogP contribution in [0.2, 0.25) is 0 Å². The van der Waals surface area contributed by atoms with E-state index in [1.165, 1.54) is 18.0 Å². The lowest BCUT2D eigenvalue weighted by Crippen LogP contribution is -2.39. The first kappa shape index (κ1) is 14.6. The fourth-order valence-electron chi connectivity index (χ4n) is 3.03. The maximum absolute atomic E-state index is 12.4. The second kappa shape index (κ2) is 6.60. The first-order valence-corrected chi connectivity index (χ1v) is 7.74. The molecular formula is C18H20N2O2. The Labute approximate surface area is 130 Å². The summed E-state index contributed by atoms with van der Waals surface area (Å²) in [5.41, 5.74) is 1.96. The first-order chi connectivity index (χ1) is 10.7. The summed E-state index contributed by atoms with van der Waals surface area (Å²) in [5.74, 6) is 0.671. The Kier molecular flexibility index (Phi) is 4.37. The number of hydrogen-bond acceptors (Lipinski definition) is 2. The molecule has 2 heterocycles. The minimum Gasteiger partial charge on any atom is -0.619 e. The topological polar surface area (TPSA) is 47.2 Å². The molecule has 1 fully saturated rings. The minimum atomic E-state index is 0.0266. The van der Waals surface area contributed by atoms with Gasteiger partial charge in [-0.15, -0.1) is 0 Å². The maximum atomic E-state index is 12.4. The Morgan fingerprint density at radius 3 is 2.36 bits per heavy atom. The molecule has 114 valence electrons. The second-order valence-electron chi connectivity index (χ2n) is 5.87. The number of hydrogen-bond donors (Lipinski definition) is 0. The molecule has 4 heteroatoms. The zero-order chi connectivity index (χ0) is 15.4. The molecule has 1 aliphatic heterocycles. The van der Waals surface area contributed by atoms with E-state index in [0.29, 0.717) is 16.2 Å². The lowest BCUT2D eigenvalue weighted by molar-refractivity contribution is -0.605. The zero-order valence-electron chi connectivity index (χ0n) is 12.5. The molecule has 0 bridgehead atoms. The molecule has 22 heavy (non-hydrogen) atoms. The fourth-order valence-corrected chi connectivity index (χ4v) is 3.03. The van der Waals surface area contributed by atoms with Crippen LogP contribution in [0.3, 0.4) is 0 Å². The molecule has 0 atom stereocenters.